The van der Waals surface area contributed by atoms with Gasteiger partial charge in [0.1, 0.15) is 17.8 Å². The molecule has 0 aliphatic heterocycles. The zero-order valence-electron chi connectivity index (χ0n) is 17.0. The topological polar surface area (TPSA) is 139 Å². The number of hydrogen-bond donors (Lipinski definition) is 4. The minimum absolute atomic E-state index is 0.0644. The summed E-state index contributed by atoms with van der Waals surface area (Å²) in [5.41, 5.74) is 7.86. The van der Waals surface area contributed by atoms with Crippen LogP contribution < -0.4 is 20.5 Å². The Balaban J connectivity index is 1.87. The van der Waals surface area contributed by atoms with E-state index in [1.807, 2.05) is 24.4 Å². The van der Waals surface area contributed by atoms with Gasteiger partial charge in [-0.25, -0.2) is 9.97 Å². The van der Waals surface area contributed by atoms with Crippen LogP contribution in [0.5, 0.6) is 11.5 Å². The molecule has 0 fully saturated rings. The van der Waals surface area contributed by atoms with Gasteiger partial charge in [-0.3, -0.25) is 9.69 Å². The number of anilines is 2. The standard InChI is InChI=1S/C20H26N6O4/c1-26(11-17(27)28)10-13-9-22-19-18(13)20(24-12-23-19)25-14-4-5-15(29-2)16(8-14)30-7-3-6-21/h4-5,8-9,12H,3,6-7,10-11,21H2,1-2H3,(H,27,28)(H2,22,23,24,25). The van der Waals surface area contributed by atoms with Crippen LogP contribution in [0.2, 0.25) is 0 Å². The molecule has 3 rings (SSSR count). The molecule has 10 heteroatoms. The molecule has 0 spiro atoms. The van der Waals surface area contributed by atoms with Gasteiger partial charge in [0.2, 0.25) is 0 Å². The fraction of sp³-hybridized carbons (Fsp3) is 0.350. The van der Waals surface area contributed by atoms with Crippen molar-refractivity contribution in [2.24, 2.45) is 5.73 Å². The maximum atomic E-state index is 11.0. The molecule has 0 saturated carbocycles. The molecular weight excluding hydrogens is 388 g/mol. The molecule has 2 aromatic heterocycles. The smallest absolute Gasteiger partial charge is 0.317 e. The Morgan fingerprint density at radius 3 is 2.90 bits per heavy atom. The largest absolute Gasteiger partial charge is 0.493 e. The van der Waals surface area contributed by atoms with E-state index in [1.54, 1.807) is 19.1 Å². The van der Waals surface area contributed by atoms with Gasteiger partial charge in [0.25, 0.3) is 0 Å². The second kappa shape index (κ2) is 9.90. The highest BCUT2D eigenvalue weighted by molar-refractivity contribution is 5.92. The summed E-state index contributed by atoms with van der Waals surface area (Å²) in [6.45, 7) is 1.41. The Hall–Kier alpha value is -3.37. The number of rotatable bonds is 11. The van der Waals surface area contributed by atoms with Crippen molar-refractivity contribution in [1.82, 2.24) is 19.9 Å². The summed E-state index contributed by atoms with van der Waals surface area (Å²) in [6.07, 6.45) is 4.02. The van der Waals surface area contributed by atoms with Crippen molar-refractivity contribution >= 4 is 28.5 Å². The van der Waals surface area contributed by atoms with E-state index in [0.717, 1.165) is 23.1 Å². The summed E-state index contributed by atoms with van der Waals surface area (Å²) >= 11 is 0. The van der Waals surface area contributed by atoms with Crippen molar-refractivity contribution in [3.63, 3.8) is 0 Å². The van der Waals surface area contributed by atoms with Gasteiger partial charge in [0.05, 0.1) is 25.6 Å². The molecule has 10 nitrogen and oxygen atoms in total. The van der Waals surface area contributed by atoms with E-state index in [4.69, 9.17) is 20.3 Å². The molecule has 3 aromatic rings. The number of methoxy groups -OCH3 is 1. The number of carbonyl (C=O) groups is 1. The van der Waals surface area contributed by atoms with Gasteiger partial charge in [0.15, 0.2) is 11.5 Å². The highest BCUT2D eigenvalue weighted by Gasteiger charge is 2.15. The van der Waals surface area contributed by atoms with E-state index in [-0.39, 0.29) is 6.54 Å². The normalized spacial score (nSPS) is 11.1. The van der Waals surface area contributed by atoms with E-state index < -0.39 is 5.97 Å². The lowest BCUT2D eigenvalue weighted by atomic mass is 10.2. The fourth-order valence-corrected chi connectivity index (χ4v) is 3.09. The molecule has 5 N–H and O–H groups in total. The lowest BCUT2D eigenvalue weighted by Crippen LogP contribution is -2.25. The van der Waals surface area contributed by atoms with E-state index in [1.165, 1.54) is 6.33 Å². The average molecular weight is 414 g/mol. The van der Waals surface area contributed by atoms with Crippen LogP contribution in [-0.2, 0) is 11.3 Å². The van der Waals surface area contributed by atoms with Crippen molar-refractivity contribution in [3.05, 3.63) is 36.3 Å². The number of H-pyrrole nitrogens is 1. The molecule has 1 aromatic carbocycles. The van der Waals surface area contributed by atoms with Gasteiger partial charge in [-0.2, -0.15) is 0 Å². The van der Waals surface area contributed by atoms with E-state index in [0.29, 0.717) is 42.7 Å². The van der Waals surface area contributed by atoms with Gasteiger partial charge in [0, 0.05) is 24.5 Å². The third-order valence-electron chi connectivity index (χ3n) is 4.43. The van der Waals surface area contributed by atoms with Gasteiger partial charge >= 0.3 is 5.97 Å². The van der Waals surface area contributed by atoms with Crippen LogP contribution in [0.15, 0.2) is 30.7 Å². The number of benzene rings is 1. The van der Waals surface area contributed by atoms with Crippen molar-refractivity contribution < 1.29 is 19.4 Å². The average Bonchev–Trinajstić information content (AvgIpc) is 3.11. The fourth-order valence-electron chi connectivity index (χ4n) is 3.09. The van der Waals surface area contributed by atoms with Crippen molar-refractivity contribution in [3.8, 4) is 11.5 Å². The molecule has 0 saturated heterocycles. The van der Waals surface area contributed by atoms with E-state index >= 15 is 0 Å². The first-order valence-corrected chi connectivity index (χ1v) is 9.51. The van der Waals surface area contributed by atoms with Crippen LogP contribution in [-0.4, -0.2) is 64.8 Å². The van der Waals surface area contributed by atoms with Crippen LogP contribution in [0, 0.1) is 0 Å². The van der Waals surface area contributed by atoms with Crippen LogP contribution in [0.3, 0.4) is 0 Å². The Kier molecular flexibility index (Phi) is 7.04. The number of aliphatic carboxylic acids is 1. The number of carboxylic acids is 1. The Labute approximate surface area is 174 Å². The summed E-state index contributed by atoms with van der Waals surface area (Å²) in [5, 5.41) is 13.1. The van der Waals surface area contributed by atoms with E-state index in [2.05, 4.69) is 20.3 Å². The van der Waals surface area contributed by atoms with Crippen molar-refractivity contribution in [1.29, 1.82) is 0 Å². The maximum absolute atomic E-state index is 11.0. The van der Waals surface area contributed by atoms with Crippen LogP contribution in [0.25, 0.3) is 11.0 Å². The number of likely N-dealkylation sites (N-methyl/N-ethyl adjacent to an activating group) is 1. The number of aromatic nitrogens is 3. The number of nitrogens with zero attached hydrogens (tertiary/aromatic N) is 3. The number of hydrogen-bond acceptors (Lipinski definition) is 8. The quantitative estimate of drug-likeness (QED) is 0.347. The monoisotopic (exact) mass is 414 g/mol. The first kappa shape index (κ1) is 21.3. The molecule has 0 atom stereocenters. The minimum atomic E-state index is -0.882. The van der Waals surface area contributed by atoms with Crippen molar-refractivity contribution in [2.75, 3.05) is 39.2 Å². The summed E-state index contributed by atoms with van der Waals surface area (Å²) < 4.78 is 11.2. The van der Waals surface area contributed by atoms with Gasteiger partial charge in [-0.1, -0.05) is 0 Å². The molecule has 160 valence electrons. The molecule has 30 heavy (non-hydrogen) atoms. The highest BCUT2D eigenvalue weighted by Crippen LogP contribution is 2.33. The van der Waals surface area contributed by atoms with Gasteiger partial charge < -0.3 is 30.6 Å². The van der Waals surface area contributed by atoms with Gasteiger partial charge in [-0.15, -0.1) is 0 Å². The SMILES string of the molecule is COc1ccc(Nc2ncnc3[nH]cc(CN(C)CC(=O)O)c23)cc1OCCCN. The highest BCUT2D eigenvalue weighted by atomic mass is 16.5. The third-order valence-corrected chi connectivity index (χ3v) is 4.43. The van der Waals surface area contributed by atoms with Crippen LogP contribution in [0.4, 0.5) is 11.5 Å². The zero-order chi connectivity index (χ0) is 21.5. The number of nitrogens with one attached hydrogen (secondary N) is 2. The molecule has 0 bridgehead atoms. The number of ether oxygens (including phenoxy) is 2. The van der Waals surface area contributed by atoms with Gasteiger partial charge in [-0.05, 0) is 37.7 Å². The van der Waals surface area contributed by atoms with Crippen LogP contribution >= 0.6 is 0 Å². The number of aromatic amines is 1. The first-order valence-electron chi connectivity index (χ1n) is 9.51. The lowest BCUT2D eigenvalue weighted by Gasteiger charge is -2.15. The Morgan fingerprint density at radius 1 is 1.33 bits per heavy atom. The third kappa shape index (κ3) is 5.16. The molecule has 0 unspecified atom stereocenters. The maximum Gasteiger partial charge on any atom is 0.317 e. The number of nitrogens with two attached hydrogens (primary N) is 1. The summed E-state index contributed by atoms with van der Waals surface area (Å²) in [5.74, 6) is 0.963. The summed E-state index contributed by atoms with van der Waals surface area (Å²) in [4.78, 5) is 24.4. The molecule has 0 aliphatic carbocycles. The number of carboxylic acid groups (broad SMARTS) is 1. The zero-order valence-corrected chi connectivity index (χ0v) is 17.0. The van der Waals surface area contributed by atoms with Crippen molar-refractivity contribution in [2.45, 2.75) is 13.0 Å². The minimum Gasteiger partial charge on any atom is -0.493 e. The predicted octanol–water partition coefficient (Wildman–Crippen LogP) is 1.95. The number of fused-ring (bicyclic) bond motifs is 1. The first-order chi connectivity index (χ1) is 14.5. The molecule has 2 heterocycles. The Bertz CT molecular complexity index is 1010. The molecular formula is C20H26N6O4. The second-order valence-corrected chi connectivity index (χ2v) is 6.81. The summed E-state index contributed by atoms with van der Waals surface area (Å²) in [6, 6.07) is 5.52. The second-order valence-electron chi connectivity index (χ2n) is 6.81. The lowest BCUT2D eigenvalue weighted by molar-refractivity contribution is -0.138. The van der Waals surface area contributed by atoms with E-state index in [9.17, 15) is 4.79 Å². The van der Waals surface area contributed by atoms with Crippen LogP contribution in [0.1, 0.15) is 12.0 Å². The molecule has 0 radical (unpaired) electrons. The summed E-state index contributed by atoms with van der Waals surface area (Å²) in [7, 11) is 3.34. The molecule has 0 amide bonds. The molecule has 0 aliphatic rings. The Morgan fingerprint density at radius 2 is 2.17 bits per heavy atom. The predicted molar refractivity (Wildman–Crippen MR) is 113 cm³/mol.